The van der Waals surface area contributed by atoms with E-state index in [4.69, 9.17) is 29.9 Å². The van der Waals surface area contributed by atoms with Gasteiger partial charge in [0, 0.05) is 77.1 Å². The van der Waals surface area contributed by atoms with Crippen LogP contribution in [0.1, 0.15) is 72.2 Å². The van der Waals surface area contributed by atoms with E-state index in [9.17, 15) is 0 Å². The van der Waals surface area contributed by atoms with Gasteiger partial charge in [-0.25, -0.2) is 29.9 Å². The van der Waals surface area contributed by atoms with Crippen LogP contribution in [0.5, 0.6) is 0 Å². The predicted molar refractivity (Wildman–Crippen MR) is 554 cm³/mol. The summed E-state index contributed by atoms with van der Waals surface area (Å²) >= 11 is 0. The third-order valence-electron chi connectivity index (χ3n) is 28.9. The summed E-state index contributed by atoms with van der Waals surface area (Å²) in [5.41, 5.74) is 41.6. The highest BCUT2D eigenvalue weighted by Crippen LogP contribution is 2.64. The summed E-state index contributed by atoms with van der Waals surface area (Å²) in [5, 5.41) is 4.81. The first-order valence-corrected chi connectivity index (χ1v) is 46.5. The van der Waals surface area contributed by atoms with Crippen molar-refractivity contribution in [3.05, 3.63) is 493 Å². The number of nitrogens with zero attached hydrogens (tertiary/aromatic N) is 8. The van der Waals surface area contributed by atoms with Gasteiger partial charge < -0.3 is 9.13 Å². The molecule has 8 heteroatoms. The quantitative estimate of drug-likeness (QED) is 0.121. The normalized spacial score (nSPS) is 13.4. The lowest BCUT2D eigenvalue weighted by Crippen LogP contribution is -2.25. The standard InChI is InChI=1S/C64H40N4.C63H46N4/c1-4-18-41(19-5-1)43-35-37-58-53(39-43)60-48(29-17-33-59(60)68(58)47-24-8-3-9-25-47)44-22-16-23-45(38-44)62-65-61(42-20-6-2-7-21-42)66-63(67-62)46-34-36-52-51-28-12-15-32-56(51)64(57(52)40-46)54-30-13-10-26-49(54)50-27-11-14-31-55(50)64;1-62(2)52-26-13-11-23-47(52)49-32-29-43(37-54(49)62)60-64-59(65-61(66-60)44-30-33-50-48-24-12-14-27-53(48)63(3,4)55(50)38-44)42-20-15-19-41(35-42)46-25-16-28-57-58(46)51-36-40(39-17-7-5-8-18-39)31-34-56(51)67(57)45-21-9-6-10-22-45/h1-40H;5-38H,1-4H3. The molecule has 0 radical (unpaired) electrons. The van der Waals surface area contributed by atoms with Crippen molar-refractivity contribution < 1.29 is 0 Å². The first-order valence-electron chi connectivity index (χ1n) is 46.5. The lowest BCUT2D eigenvalue weighted by Gasteiger charge is -2.30. The van der Waals surface area contributed by atoms with Gasteiger partial charge in [0.05, 0.1) is 27.5 Å². The molecule has 0 unspecified atom stereocenters. The van der Waals surface area contributed by atoms with E-state index in [2.05, 4.69) is 468 Å². The van der Waals surface area contributed by atoms with Crippen molar-refractivity contribution in [1.82, 2.24) is 39.0 Å². The van der Waals surface area contributed by atoms with Crippen molar-refractivity contribution in [3.63, 3.8) is 0 Å². The van der Waals surface area contributed by atoms with E-state index in [0.29, 0.717) is 34.9 Å². The zero-order valence-corrected chi connectivity index (χ0v) is 74.8. The predicted octanol–water partition coefficient (Wildman–Crippen LogP) is 31.6. The molecule has 0 bridgehead atoms. The number of para-hydroxylation sites is 2. The Morgan fingerprint density at radius 3 is 0.800 bits per heavy atom. The van der Waals surface area contributed by atoms with Crippen LogP contribution in [0.2, 0.25) is 0 Å². The Balaban J connectivity index is 0.000000140. The highest BCUT2D eigenvalue weighted by atomic mass is 15.0. The Morgan fingerprint density at radius 2 is 0.422 bits per heavy atom. The number of benzene rings is 19. The second-order valence-corrected chi connectivity index (χ2v) is 37.1. The summed E-state index contributed by atoms with van der Waals surface area (Å²) in [6.07, 6.45) is 0. The average Bonchev–Trinajstić information content (AvgIpc) is 1.50. The van der Waals surface area contributed by atoms with E-state index in [1.54, 1.807) is 0 Å². The van der Waals surface area contributed by atoms with E-state index >= 15 is 0 Å². The Morgan fingerprint density at radius 1 is 0.163 bits per heavy atom. The first-order chi connectivity index (χ1) is 66.4. The maximum atomic E-state index is 5.39. The van der Waals surface area contributed by atoms with E-state index in [-0.39, 0.29) is 10.8 Å². The zero-order chi connectivity index (χ0) is 89.8. The number of fused-ring (bicyclic) bond motifs is 22. The van der Waals surface area contributed by atoms with Crippen LogP contribution < -0.4 is 0 Å². The second-order valence-electron chi connectivity index (χ2n) is 37.1. The van der Waals surface area contributed by atoms with Crippen LogP contribution in [0.4, 0.5) is 0 Å². The van der Waals surface area contributed by atoms with Gasteiger partial charge in [0.25, 0.3) is 0 Å². The number of rotatable bonds is 12. The van der Waals surface area contributed by atoms with Gasteiger partial charge in [-0.3, -0.25) is 0 Å². The number of hydrogen-bond acceptors (Lipinski definition) is 6. The number of hydrogen-bond donors (Lipinski definition) is 0. The first kappa shape index (κ1) is 78.8. The minimum atomic E-state index is -0.478. The van der Waals surface area contributed by atoms with Gasteiger partial charge in [-0.05, 0) is 225 Å². The van der Waals surface area contributed by atoms with Crippen LogP contribution >= 0.6 is 0 Å². The largest absolute Gasteiger partial charge is 0.309 e. The monoisotopic (exact) mass is 1720 g/mol. The minimum Gasteiger partial charge on any atom is -0.309 e. The maximum Gasteiger partial charge on any atom is 0.164 e. The van der Waals surface area contributed by atoms with Gasteiger partial charge in [-0.15, -0.1) is 0 Å². The molecule has 4 aliphatic rings. The zero-order valence-electron chi connectivity index (χ0n) is 74.8. The molecule has 4 heterocycles. The fraction of sp³-hybridized carbons (Fsp3) is 0.0551. The highest BCUT2D eigenvalue weighted by molar-refractivity contribution is 6.18. The van der Waals surface area contributed by atoms with Gasteiger partial charge in [-0.1, -0.05) is 386 Å². The van der Waals surface area contributed by atoms with Crippen molar-refractivity contribution in [2.45, 2.75) is 43.9 Å². The summed E-state index contributed by atoms with van der Waals surface area (Å²) in [5.74, 6) is 3.84. The summed E-state index contributed by atoms with van der Waals surface area (Å²) in [7, 11) is 0. The van der Waals surface area contributed by atoms with E-state index in [1.165, 1.54) is 133 Å². The SMILES string of the molecule is CC1(C)c2ccccc2-c2ccc(-c3nc(-c4cccc(-c5cccc6c5c5cc(-c7ccccc7)ccc5n6-c5ccccc5)c4)nc(-c4ccc5c(c4)C(C)(C)c4ccccc4-5)n3)cc21.c1ccc(-c2ccc3c(c2)c2c(-c4cccc(-c5nc(-c6ccccc6)nc(-c6ccc7c(c6)C6(c8ccccc8-c8ccccc86)c6ccccc6-7)n5)c4)cccc2n3-c2ccccc2)cc1. The molecule has 8 nitrogen and oxygen atoms in total. The lowest BCUT2D eigenvalue weighted by molar-refractivity contribution is 0.660. The molecule has 19 aromatic carbocycles. The van der Waals surface area contributed by atoms with Crippen molar-refractivity contribution in [3.8, 4) is 169 Å². The molecule has 0 aliphatic heterocycles. The lowest BCUT2D eigenvalue weighted by atomic mass is 9.70. The average molecular weight is 1720 g/mol. The molecule has 4 aromatic heterocycles. The minimum absolute atomic E-state index is 0.165. The van der Waals surface area contributed by atoms with Gasteiger partial charge in [0.2, 0.25) is 0 Å². The summed E-state index contributed by atoms with van der Waals surface area (Å²) in [6, 6.07) is 162. The topological polar surface area (TPSA) is 87.2 Å². The molecule has 4 aliphatic carbocycles. The smallest absolute Gasteiger partial charge is 0.164 e. The van der Waals surface area contributed by atoms with E-state index in [0.717, 1.165) is 89.1 Å². The third kappa shape index (κ3) is 12.5. The van der Waals surface area contributed by atoms with Gasteiger partial charge in [0.1, 0.15) is 0 Å². The van der Waals surface area contributed by atoms with Crippen LogP contribution in [0.15, 0.2) is 449 Å². The molecule has 634 valence electrons. The molecular formula is C127H86N8. The molecule has 0 N–H and O–H groups in total. The Labute approximate surface area is 783 Å². The highest BCUT2D eigenvalue weighted by Gasteiger charge is 2.52. The molecule has 135 heavy (non-hydrogen) atoms. The van der Waals surface area contributed by atoms with Gasteiger partial charge in [0.15, 0.2) is 34.9 Å². The fourth-order valence-corrected chi connectivity index (χ4v) is 22.6. The van der Waals surface area contributed by atoms with Crippen LogP contribution in [0.3, 0.4) is 0 Å². The van der Waals surface area contributed by atoms with Crippen LogP contribution in [-0.4, -0.2) is 39.0 Å². The van der Waals surface area contributed by atoms with Crippen LogP contribution in [-0.2, 0) is 16.2 Å². The van der Waals surface area contributed by atoms with Crippen molar-refractivity contribution in [2.75, 3.05) is 0 Å². The Hall–Kier alpha value is -17.2. The summed E-state index contributed by atoms with van der Waals surface area (Å²) in [6.45, 7) is 9.28. The number of aromatic nitrogens is 8. The Bertz CT molecular complexity index is 8600. The Kier molecular flexibility index (Phi) is 18.1. The molecule has 0 atom stereocenters. The third-order valence-corrected chi connectivity index (χ3v) is 28.9. The molecule has 1 spiro atoms. The fourth-order valence-electron chi connectivity index (χ4n) is 22.6. The summed E-state index contributed by atoms with van der Waals surface area (Å²) in [4.78, 5) is 32.0. The molecule has 0 amide bonds. The van der Waals surface area contributed by atoms with E-state index < -0.39 is 5.41 Å². The molecule has 0 saturated carbocycles. The molecule has 0 fully saturated rings. The van der Waals surface area contributed by atoms with Crippen molar-refractivity contribution in [2.24, 2.45) is 0 Å². The molecule has 27 rings (SSSR count). The van der Waals surface area contributed by atoms with E-state index in [1.807, 2.05) is 18.2 Å². The van der Waals surface area contributed by atoms with Crippen molar-refractivity contribution in [1.29, 1.82) is 0 Å². The van der Waals surface area contributed by atoms with Gasteiger partial charge >= 0.3 is 0 Å². The second kappa shape index (κ2) is 31.0. The molecular weight excluding hydrogens is 1640 g/mol. The maximum absolute atomic E-state index is 5.39. The van der Waals surface area contributed by atoms with Crippen molar-refractivity contribution >= 4 is 43.6 Å². The van der Waals surface area contributed by atoms with Gasteiger partial charge in [-0.2, -0.15) is 0 Å². The van der Waals surface area contributed by atoms with Crippen LogP contribution in [0.25, 0.3) is 212 Å². The molecule has 23 aromatic rings. The van der Waals surface area contributed by atoms with Crippen LogP contribution in [0, 0.1) is 0 Å². The molecule has 0 saturated heterocycles. The summed E-state index contributed by atoms with van der Waals surface area (Å²) < 4.78 is 4.78.